The molecule has 0 amide bonds. The number of H-pyrrole nitrogens is 1. The first kappa shape index (κ1) is 17.4. The number of aromatic amines is 1. The van der Waals surface area contributed by atoms with Gasteiger partial charge >= 0.3 is 6.18 Å². The number of hydrogen-bond donors (Lipinski definition) is 5. The Morgan fingerprint density at radius 2 is 2.15 bits per heavy atom. The summed E-state index contributed by atoms with van der Waals surface area (Å²) in [7, 11) is 0. The van der Waals surface area contributed by atoms with Crippen molar-refractivity contribution in [3.63, 3.8) is 0 Å². The van der Waals surface area contributed by atoms with Crippen LogP contribution in [0.15, 0.2) is 6.20 Å². The van der Waals surface area contributed by atoms with Crippen LogP contribution in [-0.2, 0) is 15.7 Å². The number of aliphatic hydroxyl groups is 3. The first-order valence-corrected chi connectivity index (χ1v) is 7.56. The molecule has 0 saturated carbocycles. The maximum atomic E-state index is 12.8. The molecule has 142 valence electrons. The number of hydrogen-bond acceptors (Lipinski definition) is 9. The molecule has 2 bridgehead atoms. The largest absolute Gasteiger partial charge is 0.435 e. The number of anilines is 1. The predicted molar refractivity (Wildman–Crippen MR) is 76.8 cm³/mol. The maximum Gasteiger partial charge on any atom is 0.435 e. The lowest BCUT2D eigenvalue weighted by Crippen LogP contribution is -2.64. The third-order valence-electron chi connectivity index (χ3n) is 4.52. The zero-order chi connectivity index (χ0) is 18.7. The minimum atomic E-state index is -4.65. The van der Waals surface area contributed by atoms with Gasteiger partial charge in [-0.25, -0.2) is 4.98 Å². The van der Waals surface area contributed by atoms with E-state index in [9.17, 15) is 28.5 Å². The summed E-state index contributed by atoms with van der Waals surface area (Å²) in [4.78, 5) is 7.68. The molecule has 10 nitrogen and oxygen atoms in total. The van der Waals surface area contributed by atoms with Crippen LogP contribution in [0.25, 0.3) is 11.0 Å². The van der Waals surface area contributed by atoms with E-state index in [1.165, 1.54) is 0 Å². The van der Waals surface area contributed by atoms with Gasteiger partial charge in [-0.05, 0) is 0 Å². The highest BCUT2D eigenvalue weighted by atomic mass is 19.4. The molecule has 13 heteroatoms. The molecule has 0 aliphatic carbocycles. The number of fused-ring (bicyclic) bond motifs is 3. The van der Waals surface area contributed by atoms with E-state index in [4.69, 9.17) is 9.47 Å². The van der Waals surface area contributed by atoms with E-state index in [0.29, 0.717) is 0 Å². The van der Waals surface area contributed by atoms with Gasteiger partial charge < -0.3 is 30.1 Å². The van der Waals surface area contributed by atoms with Crippen molar-refractivity contribution in [3.8, 4) is 0 Å². The summed E-state index contributed by atoms with van der Waals surface area (Å²) in [6.45, 7) is -0.675. The van der Waals surface area contributed by atoms with Crippen LogP contribution >= 0.6 is 0 Å². The fourth-order valence-electron chi connectivity index (χ4n) is 3.10. The minimum Gasteiger partial charge on any atom is -0.393 e. The standard InChI is InChI=1S/C13H14F3N5O5/c14-13(15,16)7-4-1-17-11(19-9(4)21-20-7)18-5-6(23)8(24)12(2-22)3-25-10(5)26-12/h1,5-6,8,10,22-24H,2-3H2,(H2,17,18,19,20,21)/t5-,6-,8-,10+,12+/m1/s1. The number of aromatic nitrogens is 4. The van der Waals surface area contributed by atoms with Gasteiger partial charge in [0.15, 0.2) is 17.6 Å². The van der Waals surface area contributed by atoms with Crippen molar-refractivity contribution in [3.05, 3.63) is 11.9 Å². The van der Waals surface area contributed by atoms with Gasteiger partial charge in [0.05, 0.1) is 18.6 Å². The van der Waals surface area contributed by atoms with Crippen molar-refractivity contribution < 1.29 is 38.0 Å². The maximum absolute atomic E-state index is 12.8. The summed E-state index contributed by atoms with van der Waals surface area (Å²) in [6.07, 6.45) is -7.56. The molecule has 5 N–H and O–H groups in total. The molecule has 2 fully saturated rings. The van der Waals surface area contributed by atoms with Gasteiger partial charge in [0.1, 0.15) is 23.9 Å². The van der Waals surface area contributed by atoms with E-state index in [2.05, 4.69) is 25.5 Å². The smallest absolute Gasteiger partial charge is 0.393 e. The van der Waals surface area contributed by atoms with Crippen LogP contribution in [0.4, 0.5) is 19.1 Å². The second-order valence-corrected chi connectivity index (χ2v) is 6.15. The Bertz CT molecular complexity index is 832. The van der Waals surface area contributed by atoms with Crippen LogP contribution in [0.5, 0.6) is 0 Å². The predicted octanol–water partition coefficient (Wildman–Crippen LogP) is -1.01. The highest BCUT2D eigenvalue weighted by molar-refractivity contribution is 5.78. The molecule has 2 aromatic rings. The number of alkyl halides is 3. The van der Waals surface area contributed by atoms with E-state index in [-0.39, 0.29) is 23.6 Å². The molecular weight excluding hydrogens is 363 g/mol. The zero-order valence-electron chi connectivity index (χ0n) is 12.9. The third kappa shape index (κ3) is 2.51. The molecule has 4 heterocycles. The molecule has 26 heavy (non-hydrogen) atoms. The van der Waals surface area contributed by atoms with Gasteiger partial charge in [0.25, 0.3) is 0 Å². The van der Waals surface area contributed by atoms with Gasteiger partial charge in [-0.1, -0.05) is 0 Å². The van der Waals surface area contributed by atoms with E-state index in [1.807, 2.05) is 0 Å². The number of halogens is 3. The average molecular weight is 377 g/mol. The lowest BCUT2D eigenvalue weighted by Gasteiger charge is -2.41. The lowest BCUT2D eigenvalue weighted by atomic mass is 9.88. The summed E-state index contributed by atoms with van der Waals surface area (Å²) in [6, 6.07) is -1.00. The molecule has 2 aliphatic rings. The summed E-state index contributed by atoms with van der Waals surface area (Å²) >= 11 is 0. The molecule has 5 atom stereocenters. The van der Waals surface area contributed by atoms with E-state index in [1.54, 1.807) is 0 Å². The molecule has 2 saturated heterocycles. The van der Waals surface area contributed by atoms with E-state index < -0.39 is 48.6 Å². The Labute approximate surface area is 143 Å². The van der Waals surface area contributed by atoms with Crippen LogP contribution < -0.4 is 5.32 Å². The van der Waals surface area contributed by atoms with Gasteiger partial charge in [-0.2, -0.15) is 23.3 Å². The molecular formula is C13H14F3N5O5. The van der Waals surface area contributed by atoms with E-state index >= 15 is 0 Å². The Balaban J connectivity index is 1.60. The first-order chi connectivity index (χ1) is 12.2. The summed E-state index contributed by atoms with van der Waals surface area (Å²) in [5, 5.41) is 37.6. The number of nitrogens with one attached hydrogen (secondary N) is 2. The summed E-state index contributed by atoms with van der Waals surface area (Å²) in [5.41, 5.74) is -2.71. The van der Waals surface area contributed by atoms with Crippen LogP contribution in [0.3, 0.4) is 0 Å². The Morgan fingerprint density at radius 1 is 1.38 bits per heavy atom. The van der Waals surface area contributed by atoms with Crippen molar-refractivity contribution in [1.82, 2.24) is 20.2 Å². The lowest BCUT2D eigenvalue weighted by molar-refractivity contribution is -0.224. The van der Waals surface area contributed by atoms with Crippen LogP contribution in [0.2, 0.25) is 0 Å². The van der Waals surface area contributed by atoms with Gasteiger partial charge in [-0.3, -0.25) is 5.10 Å². The average Bonchev–Trinajstić information content (AvgIpc) is 3.20. The van der Waals surface area contributed by atoms with Gasteiger partial charge in [0, 0.05) is 6.20 Å². The molecule has 4 rings (SSSR count). The van der Waals surface area contributed by atoms with Crippen molar-refractivity contribution in [2.45, 2.75) is 36.3 Å². The number of aliphatic hydroxyl groups excluding tert-OH is 3. The zero-order valence-corrected chi connectivity index (χ0v) is 12.9. The second kappa shape index (κ2) is 5.72. The second-order valence-electron chi connectivity index (χ2n) is 6.15. The molecule has 2 aliphatic heterocycles. The van der Waals surface area contributed by atoms with Crippen molar-refractivity contribution >= 4 is 17.0 Å². The first-order valence-electron chi connectivity index (χ1n) is 7.56. The number of nitrogens with zero attached hydrogens (tertiary/aromatic N) is 3. The molecule has 2 aromatic heterocycles. The number of ether oxygens (including phenoxy) is 2. The fraction of sp³-hybridized carbons (Fsp3) is 0.615. The van der Waals surface area contributed by atoms with Crippen LogP contribution in [0, 0.1) is 0 Å². The number of rotatable bonds is 3. The van der Waals surface area contributed by atoms with Gasteiger partial charge in [-0.15, -0.1) is 0 Å². The molecule has 0 spiro atoms. The SMILES string of the molecule is OC[C@@]12CO[C@@H](O1)[C@H](Nc1ncc3c(C(F)(F)F)n[nH]c3n1)[C@@H](O)[C@H]2O. The fourth-order valence-corrected chi connectivity index (χ4v) is 3.10. The molecule has 0 unspecified atom stereocenters. The van der Waals surface area contributed by atoms with Crippen LogP contribution in [-0.4, -0.2) is 78.8 Å². The Kier molecular flexibility index (Phi) is 3.82. The highest BCUT2D eigenvalue weighted by Gasteiger charge is 2.59. The van der Waals surface area contributed by atoms with Crippen molar-refractivity contribution in [2.24, 2.45) is 0 Å². The van der Waals surface area contributed by atoms with Crippen molar-refractivity contribution in [1.29, 1.82) is 0 Å². The van der Waals surface area contributed by atoms with Crippen LogP contribution in [0.1, 0.15) is 5.69 Å². The quantitative estimate of drug-likeness (QED) is 0.454. The highest BCUT2D eigenvalue weighted by Crippen LogP contribution is 2.38. The monoisotopic (exact) mass is 377 g/mol. The third-order valence-corrected chi connectivity index (χ3v) is 4.52. The van der Waals surface area contributed by atoms with Crippen molar-refractivity contribution in [2.75, 3.05) is 18.5 Å². The van der Waals surface area contributed by atoms with Gasteiger partial charge in [0.2, 0.25) is 5.95 Å². The Hall–Kier alpha value is -2.06. The summed E-state index contributed by atoms with van der Waals surface area (Å²) in [5.74, 6) is -0.123. The minimum absolute atomic E-state index is 0.123. The topological polar surface area (TPSA) is 146 Å². The van der Waals surface area contributed by atoms with E-state index in [0.717, 1.165) is 6.20 Å². The molecule has 0 radical (unpaired) electrons. The summed E-state index contributed by atoms with van der Waals surface area (Å²) < 4.78 is 49.3. The molecule has 0 aromatic carbocycles. The normalized spacial score (nSPS) is 34.4. The Morgan fingerprint density at radius 3 is 2.85 bits per heavy atom.